The predicted octanol–water partition coefficient (Wildman–Crippen LogP) is 2.89. The summed E-state index contributed by atoms with van der Waals surface area (Å²) in [6.07, 6.45) is 0. The number of para-hydroxylation sites is 1. The number of amides is 3. The van der Waals surface area contributed by atoms with E-state index in [-0.39, 0.29) is 12.5 Å². The fraction of sp³-hybridized carbons (Fsp3) is 0.250. The van der Waals surface area contributed by atoms with Crippen LogP contribution in [0.5, 0.6) is 0 Å². The molecule has 1 saturated heterocycles. The van der Waals surface area contributed by atoms with Crippen molar-refractivity contribution in [2.24, 2.45) is 10.3 Å². The average Bonchev–Trinajstić information content (AvgIpc) is 3.18. The molecule has 2 aliphatic rings. The zero-order chi connectivity index (χ0) is 20.7. The number of carbonyl (C=O) groups is 3. The fourth-order valence-corrected chi connectivity index (χ4v) is 3.74. The standard InChI is InChI=1S/C20H18ClN5O3/c1-11-4-3-5-12(2)17(11)26-19(28)16-18(20(26)29)25(24-23-16)10-15(27)22-14-8-6-13(21)7-9-14/h3-9,16,18H,10H2,1-2H3,(H,22,27)/t16-,18-/m0/s1. The molecule has 8 nitrogen and oxygen atoms in total. The largest absolute Gasteiger partial charge is 0.324 e. The van der Waals surface area contributed by atoms with E-state index in [1.165, 1.54) is 9.91 Å². The van der Waals surface area contributed by atoms with Crippen LogP contribution in [-0.4, -0.2) is 41.4 Å². The minimum atomic E-state index is -0.940. The molecule has 1 N–H and O–H groups in total. The van der Waals surface area contributed by atoms with Crippen LogP contribution < -0.4 is 10.2 Å². The van der Waals surface area contributed by atoms with Crippen molar-refractivity contribution >= 4 is 40.7 Å². The van der Waals surface area contributed by atoms with Crippen LogP contribution in [0.25, 0.3) is 0 Å². The van der Waals surface area contributed by atoms with E-state index < -0.39 is 23.9 Å². The van der Waals surface area contributed by atoms with Gasteiger partial charge in [0.1, 0.15) is 6.54 Å². The Balaban J connectivity index is 1.52. The van der Waals surface area contributed by atoms with Gasteiger partial charge in [0.15, 0.2) is 12.1 Å². The highest BCUT2D eigenvalue weighted by atomic mass is 35.5. The van der Waals surface area contributed by atoms with Gasteiger partial charge < -0.3 is 5.32 Å². The molecule has 0 spiro atoms. The zero-order valence-electron chi connectivity index (χ0n) is 15.8. The molecule has 3 amide bonds. The topological polar surface area (TPSA) is 94.4 Å². The number of carbonyl (C=O) groups excluding carboxylic acids is 3. The fourth-order valence-electron chi connectivity index (χ4n) is 3.61. The SMILES string of the molecule is Cc1cccc(C)c1N1C(=O)[C@H]2N=NN(CC(=O)Nc3ccc(Cl)cc3)[C@@H]2C1=O. The Bertz CT molecular complexity index is 1020. The molecular formula is C20H18ClN5O3. The van der Waals surface area contributed by atoms with Crippen molar-refractivity contribution in [3.8, 4) is 0 Å². The molecular weight excluding hydrogens is 394 g/mol. The van der Waals surface area contributed by atoms with Crippen LogP contribution in [0, 0.1) is 13.8 Å². The molecule has 148 valence electrons. The van der Waals surface area contributed by atoms with Gasteiger partial charge in [-0.2, -0.15) is 5.11 Å². The molecule has 2 aromatic carbocycles. The summed E-state index contributed by atoms with van der Waals surface area (Å²) < 4.78 is 0. The van der Waals surface area contributed by atoms with Gasteiger partial charge in [0.25, 0.3) is 11.8 Å². The Hall–Kier alpha value is -3.26. The van der Waals surface area contributed by atoms with Gasteiger partial charge in [-0.25, -0.2) is 4.90 Å². The molecule has 9 heteroatoms. The molecule has 0 radical (unpaired) electrons. The summed E-state index contributed by atoms with van der Waals surface area (Å²) in [7, 11) is 0. The molecule has 1 fully saturated rings. The number of anilines is 2. The summed E-state index contributed by atoms with van der Waals surface area (Å²) in [5, 5.41) is 12.4. The Labute approximate surface area is 172 Å². The molecule has 4 rings (SSSR count). The van der Waals surface area contributed by atoms with Gasteiger partial charge in [0.2, 0.25) is 5.91 Å². The third-order valence-corrected chi connectivity index (χ3v) is 5.21. The second-order valence-corrected chi connectivity index (χ2v) is 7.44. The Kier molecular flexibility index (Phi) is 4.79. The second kappa shape index (κ2) is 7.29. The highest BCUT2D eigenvalue weighted by Crippen LogP contribution is 2.35. The Morgan fingerprint density at radius 2 is 1.72 bits per heavy atom. The molecule has 2 atom stereocenters. The van der Waals surface area contributed by atoms with Crippen molar-refractivity contribution in [3.63, 3.8) is 0 Å². The van der Waals surface area contributed by atoms with E-state index in [9.17, 15) is 14.4 Å². The number of imide groups is 1. The number of hydrogen-bond donors (Lipinski definition) is 1. The van der Waals surface area contributed by atoms with Crippen molar-refractivity contribution in [1.29, 1.82) is 0 Å². The average molecular weight is 412 g/mol. The maximum absolute atomic E-state index is 13.1. The van der Waals surface area contributed by atoms with Crippen LogP contribution in [0.15, 0.2) is 52.8 Å². The van der Waals surface area contributed by atoms with Gasteiger partial charge in [-0.1, -0.05) is 35.0 Å². The van der Waals surface area contributed by atoms with Crippen molar-refractivity contribution in [2.75, 3.05) is 16.8 Å². The second-order valence-electron chi connectivity index (χ2n) is 7.00. The monoisotopic (exact) mass is 411 g/mol. The van der Waals surface area contributed by atoms with Crippen molar-refractivity contribution in [1.82, 2.24) is 5.01 Å². The number of nitrogens with one attached hydrogen (secondary N) is 1. The lowest BCUT2D eigenvalue weighted by Gasteiger charge is -2.22. The van der Waals surface area contributed by atoms with Crippen LogP contribution in [-0.2, 0) is 14.4 Å². The summed E-state index contributed by atoms with van der Waals surface area (Å²) in [6.45, 7) is 3.48. The van der Waals surface area contributed by atoms with Gasteiger partial charge in [-0.05, 0) is 49.2 Å². The molecule has 29 heavy (non-hydrogen) atoms. The van der Waals surface area contributed by atoms with E-state index in [4.69, 9.17) is 11.6 Å². The first-order chi connectivity index (χ1) is 13.9. The summed E-state index contributed by atoms with van der Waals surface area (Å²) >= 11 is 5.84. The number of benzene rings is 2. The number of nitrogens with zero attached hydrogens (tertiary/aromatic N) is 4. The van der Waals surface area contributed by atoms with Crippen molar-refractivity contribution in [2.45, 2.75) is 25.9 Å². The molecule has 0 bridgehead atoms. The number of rotatable bonds is 4. The van der Waals surface area contributed by atoms with Crippen LogP contribution in [0.1, 0.15) is 11.1 Å². The van der Waals surface area contributed by atoms with Crippen LogP contribution >= 0.6 is 11.6 Å². The Morgan fingerprint density at radius 1 is 1.07 bits per heavy atom. The number of aryl methyl sites for hydroxylation is 2. The van der Waals surface area contributed by atoms with E-state index in [2.05, 4.69) is 15.7 Å². The van der Waals surface area contributed by atoms with E-state index in [0.29, 0.717) is 16.4 Å². The smallest absolute Gasteiger partial charge is 0.263 e. The molecule has 2 heterocycles. The predicted molar refractivity (Wildman–Crippen MR) is 108 cm³/mol. The minimum absolute atomic E-state index is 0.201. The molecule has 0 unspecified atom stereocenters. The number of halogens is 1. The van der Waals surface area contributed by atoms with Crippen LogP contribution in [0.3, 0.4) is 0 Å². The maximum Gasteiger partial charge on any atom is 0.263 e. The first-order valence-electron chi connectivity index (χ1n) is 9.03. The summed E-state index contributed by atoms with van der Waals surface area (Å²) in [5.41, 5.74) is 2.77. The van der Waals surface area contributed by atoms with Crippen molar-refractivity contribution < 1.29 is 14.4 Å². The minimum Gasteiger partial charge on any atom is -0.324 e. The van der Waals surface area contributed by atoms with E-state index in [1.54, 1.807) is 24.3 Å². The molecule has 2 aromatic rings. The van der Waals surface area contributed by atoms with Gasteiger partial charge in [0.05, 0.1) is 5.69 Å². The summed E-state index contributed by atoms with van der Waals surface area (Å²) in [6, 6.07) is 10.3. The number of fused-ring (bicyclic) bond motifs is 1. The first-order valence-corrected chi connectivity index (χ1v) is 9.41. The van der Waals surface area contributed by atoms with Crippen LogP contribution in [0.4, 0.5) is 11.4 Å². The summed E-state index contributed by atoms with van der Waals surface area (Å²) in [4.78, 5) is 39.5. The lowest BCUT2D eigenvalue weighted by Crippen LogP contribution is -2.43. The first kappa shape index (κ1) is 19.1. The van der Waals surface area contributed by atoms with Gasteiger partial charge in [0, 0.05) is 10.7 Å². The van der Waals surface area contributed by atoms with E-state index >= 15 is 0 Å². The third-order valence-electron chi connectivity index (χ3n) is 4.95. The number of hydrogen-bond acceptors (Lipinski definition) is 6. The Morgan fingerprint density at radius 3 is 2.38 bits per heavy atom. The van der Waals surface area contributed by atoms with Gasteiger partial charge in [-0.15, -0.1) is 0 Å². The molecule has 0 aromatic heterocycles. The van der Waals surface area contributed by atoms with Crippen molar-refractivity contribution in [3.05, 3.63) is 58.6 Å². The zero-order valence-corrected chi connectivity index (χ0v) is 16.6. The molecule has 0 aliphatic carbocycles. The quantitative estimate of drug-likeness (QED) is 0.782. The summed E-state index contributed by atoms with van der Waals surface area (Å²) in [5.74, 6) is -1.24. The van der Waals surface area contributed by atoms with E-state index in [0.717, 1.165) is 11.1 Å². The van der Waals surface area contributed by atoms with Gasteiger partial charge >= 0.3 is 0 Å². The third kappa shape index (κ3) is 3.36. The lowest BCUT2D eigenvalue weighted by molar-refractivity contribution is -0.123. The molecule has 0 saturated carbocycles. The maximum atomic E-state index is 13.1. The highest BCUT2D eigenvalue weighted by Gasteiger charge is 2.55. The lowest BCUT2D eigenvalue weighted by atomic mass is 10.1. The van der Waals surface area contributed by atoms with E-state index in [1.807, 2.05) is 32.0 Å². The molecule has 2 aliphatic heterocycles. The van der Waals surface area contributed by atoms with Gasteiger partial charge in [-0.3, -0.25) is 19.4 Å². The normalized spacial score (nSPS) is 20.4. The highest BCUT2D eigenvalue weighted by molar-refractivity contribution is 6.30. The van der Waals surface area contributed by atoms with Crippen LogP contribution in [0.2, 0.25) is 5.02 Å².